The van der Waals surface area contributed by atoms with Crippen molar-refractivity contribution in [3.8, 4) is 0 Å². The number of ether oxygens (including phenoxy) is 1. The summed E-state index contributed by atoms with van der Waals surface area (Å²) in [6.07, 6.45) is -2.61. The summed E-state index contributed by atoms with van der Waals surface area (Å²) in [5, 5.41) is 31.6. The first-order valence-corrected chi connectivity index (χ1v) is 9.70. The Morgan fingerprint density at radius 2 is 1.97 bits per heavy atom. The van der Waals surface area contributed by atoms with Gasteiger partial charge in [-0.25, -0.2) is 15.0 Å². The van der Waals surface area contributed by atoms with Gasteiger partial charge in [0.25, 0.3) is 5.69 Å². The molecule has 13 heteroatoms. The number of rotatable bonds is 6. The van der Waals surface area contributed by atoms with Crippen molar-refractivity contribution >= 4 is 34.5 Å². The summed E-state index contributed by atoms with van der Waals surface area (Å²) in [5.41, 5.74) is 6.86. The zero-order valence-corrected chi connectivity index (χ0v) is 16.0. The van der Waals surface area contributed by atoms with Gasteiger partial charge in [0.2, 0.25) is 5.91 Å². The molecule has 0 bridgehead atoms. The molecule has 1 aliphatic rings. The number of aliphatic hydroxyl groups is 2. The molecule has 0 unspecified atom stereocenters. The highest BCUT2D eigenvalue weighted by atomic mass is 32.2. The van der Waals surface area contributed by atoms with Crippen molar-refractivity contribution in [2.75, 3.05) is 0 Å². The number of imidazole rings is 1. The van der Waals surface area contributed by atoms with Gasteiger partial charge in [0.05, 0.1) is 11.3 Å². The molecule has 3 aromatic rings. The summed E-state index contributed by atoms with van der Waals surface area (Å²) >= 11 is 1.36. The Labute approximate surface area is 172 Å². The molecule has 1 amide bonds. The second-order valence-corrected chi connectivity index (χ2v) is 7.51. The number of fused-ring (bicyclic) bond motifs is 1. The average Bonchev–Trinajstić information content (AvgIpc) is 3.28. The van der Waals surface area contributed by atoms with Crippen LogP contribution in [0.4, 0.5) is 5.69 Å². The van der Waals surface area contributed by atoms with Gasteiger partial charge in [0.15, 0.2) is 18.0 Å². The van der Waals surface area contributed by atoms with Gasteiger partial charge in [0, 0.05) is 17.9 Å². The predicted octanol–water partition coefficient (Wildman–Crippen LogP) is 0.131. The van der Waals surface area contributed by atoms with Gasteiger partial charge in [-0.05, 0) is 5.56 Å². The maximum Gasteiger partial charge on any atom is 0.269 e. The van der Waals surface area contributed by atoms with E-state index in [1.807, 2.05) is 0 Å². The van der Waals surface area contributed by atoms with E-state index in [1.165, 1.54) is 41.1 Å². The molecule has 1 saturated heterocycles. The number of benzene rings is 1. The van der Waals surface area contributed by atoms with E-state index in [1.54, 1.807) is 12.1 Å². The number of primary amides is 1. The van der Waals surface area contributed by atoms with Crippen molar-refractivity contribution in [2.45, 2.75) is 35.3 Å². The maximum atomic E-state index is 11.4. The van der Waals surface area contributed by atoms with Crippen LogP contribution in [0.25, 0.3) is 11.2 Å². The van der Waals surface area contributed by atoms with Crippen molar-refractivity contribution in [1.29, 1.82) is 0 Å². The Morgan fingerprint density at radius 3 is 2.60 bits per heavy atom. The van der Waals surface area contributed by atoms with E-state index in [-0.39, 0.29) is 5.69 Å². The van der Waals surface area contributed by atoms with Crippen LogP contribution in [0.2, 0.25) is 0 Å². The van der Waals surface area contributed by atoms with Crippen molar-refractivity contribution in [3.05, 3.63) is 52.6 Å². The third-order valence-electron chi connectivity index (χ3n) is 4.64. The summed E-state index contributed by atoms with van der Waals surface area (Å²) in [7, 11) is 0. The topological polar surface area (TPSA) is 180 Å². The zero-order valence-electron chi connectivity index (χ0n) is 15.2. The lowest BCUT2D eigenvalue weighted by Gasteiger charge is -2.16. The first-order valence-electron chi connectivity index (χ1n) is 8.71. The monoisotopic (exact) mass is 432 g/mol. The maximum absolute atomic E-state index is 11.4. The summed E-state index contributed by atoms with van der Waals surface area (Å²) in [5.74, 6) is -0.399. The molecule has 0 aliphatic carbocycles. The predicted molar refractivity (Wildman–Crippen MR) is 103 cm³/mol. The quantitative estimate of drug-likeness (QED) is 0.210. The smallest absolute Gasteiger partial charge is 0.269 e. The van der Waals surface area contributed by atoms with Crippen molar-refractivity contribution in [1.82, 2.24) is 19.5 Å². The second kappa shape index (κ2) is 7.95. The first kappa shape index (κ1) is 20.2. The van der Waals surface area contributed by atoms with Crippen LogP contribution in [0.1, 0.15) is 11.8 Å². The average molecular weight is 432 g/mol. The zero-order chi connectivity index (χ0) is 21.4. The number of carbonyl (C=O) groups excluding carboxylic acids is 1. The van der Waals surface area contributed by atoms with Crippen LogP contribution in [0.3, 0.4) is 0 Å². The third-order valence-corrected chi connectivity index (χ3v) is 5.69. The Kier molecular flexibility index (Phi) is 5.34. The van der Waals surface area contributed by atoms with Crippen LogP contribution < -0.4 is 5.73 Å². The van der Waals surface area contributed by atoms with Crippen LogP contribution in [0.15, 0.2) is 41.9 Å². The highest BCUT2D eigenvalue weighted by molar-refractivity contribution is 7.98. The number of hydrogen-bond acceptors (Lipinski definition) is 10. The van der Waals surface area contributed by atoms with E-state index in [0.717, 1.165) is 5.56 Å². The molecule has 0 radical (unpaired) electrons. The summed E-state index contributed by atoms with van der Waals surface area (Å²) in [6.45, 7) is 0. The standard InChI is InChI=1S/C17H16N6O6S/c18-14(26)13-11(24)12(25)17(29-13)22-7-21-10-15(22)19-6-20-16(10)30-5-8-1-3-9(4-2-8)23(27)28/h1-4,6-7,11-13,17,24-25H,5H2,(H2,18,26)/t11-,12+,13-,17+/m0/s1. The molecule has 2 aromatic heterocycles. The van der Waals surface area contributed by atoms with E-state index >= 15 is 0 Å². The summed E-state index contributed by atoms with van der Waals surface area (Å²) in [6, 6.07) is 6.19. The third kappa shape index (κ3) is 3.59. The van der Waals surface area contributed by atoms with Gasteiger partial charge in [-0.1, -0.05) is 23.9 Å². The lowest BCUT2D eigenvalue weighted by molar-refractivity contribution is -0.384. The lowest BCUT2D eigenvalue weighted by Crippen LogP contribution is -2.39. The minimum Gasteiger partial charge on any atom is -0.387 e. The first-order chi connectivity index (χ1) is 14.4. The number of nitro benzene ring substituents is 1. The van der Waals surface area contributed by atoms with Gasteiger partial charge >= 0.3 is 0 Å². The molecule has 1 aliphatic heterocycles. The normalized spacial score (nSPS) is 23.7. The fourth-order valence-electron chi connectivity index (χ4n) is 3.11. The molecule has 0 saturated carbocycles. The molecule has 156 valence electrons. The Balaban J connectivity index is 1.56. The van der Waals surface area contributed by atoms with Crippen LogP contribution in [0, 0.1) is 10.1 Å². The number of nitrogens with zero attached hydrogens (tertiary/aromatic N) is 5. The van der Waals surface area contributed by atoms with Crippen LogP contribution in [0.5, 0.6) is 0 Å². The van der Waals surface area contributed by atoms with Gasteiger partial charge in [-0.2, -0.15) is 0 Å². The molecule has 4 N–H and O–H groups in total. The molecule has 4 rings (SSSR count). The molecular weight excluding hydrogens is 416 g/mol. The largest absolute Gasteiger partial charge is 0.387 e. The molecule has 3 heterocycles. The Hall–Kier alpha value is -3.13. The molecule has 1 fully saturated rings. The Morgan fingerprint density at radius 1 is 1.23 bits per heavy atom. The molecule has 30 heavy (non-hydrogen) atoms. The Bertz CT molecular complexity index is 1110. The van der Waals surface area contributed by atoms with E-state index in [9.17, 15) is 25.1 Å². The molecule has 1 aromatic carbocycles. The van der Waals surface area contributed by atoms with Crippen molar-refractivity contribution < 1.29 is 24.7 Å². The number of thioether (sulfide) groups is 1. The number of amides is 1. The minimum absolute atomic E-state index is 0.0125. The number of aliphatic hydroxyl groups excluding tert-OH is 2. The van der Waals surface area contributed by atoms with Crippen molar-refractivity contribution in [2.24, 2.45) is 5.73 Å². The number of non-ortho nitro benzene ring substituents is 1. The minimum atomic E-state index is -1.47. The van der Waals surface area contributed by atoms with E-state index in [2.05, 4.69) is 15.0 Å². The van der Waals surface area contributed by atoms with Crippen LogP contribution in [-0.2, 0) is 15.3 Å². The van der Waals surface area contributed by atoms with Crippen LogP contribution >= 0.6 is 11.8 Å². The highest BCUT2D eigenvalue weighted by Crippen LogP contribution is 2.33. The number of hydrogen-bond donors (Lipinski definition) is 3. The number of carbonyl (C=O) groups is 1. The fourth-order valence-corrected chi connectivity index (χ4v) is 4.01. The summed E-state index contributed by atoms with van der Waals surface area (Å²) in [4.78, 5) is 34.4. The SMILES string of the molecule is NC(=O)[C@H]1O[C@@H](n2cnc3c(SCc4ccc([N+](=O)[O-])cc4)ncnc32)[C@H](O)[C@@H]1O. The van der Waals surface area contributed by atoms with E-state index < -0.39 is 35.4 Å². The van der Waals surface area contributed by atoms with Crippen molar-refractivity contribution in [3.63, 3.8) is 0 Å². The molecule has 4 atom stereocenters. The highest BCUT2D eigenvalue weighted by Gasteiger charge is 2.47. The molecule has 0 spiro atoms. The van der Waals surface area contributed by atoms with Gasteiger partial charge < -0.3 is 20.7 Å². The summed E-state index contributed by atoms with van der Waals surface area (Å²) < 4.78 is 6.83. The van der Waals surface area contributed by atoms with E-state index in [0.29, 0.717) is 21.9 Å². The number of nitro groups is 1. The number of aromatic nitrogens is 4. The molecular formula is C17H16N6O6S. The van der Waals surface area contributed by atoms with Gasteiger partial charge in [0.1, 0.15) is 29.1 Å². The number of nitrogens with two attached hydrogens (primary N) is 1. The second-order valence-electron chi connectivity index (χ2n) is 6.55. The molecule has 12 nitrogen and oxygen atoms in total. The fraction of sp³-hybridized carbons (Fsp3) is 0.294. The lowest BCUT2D eigenvalue weighted by atomic mass is 10.1. The van der Waals surface area contributed by atoms with E-state index in [4.69, 9.17) is 10.5 Å². The van der Waals surface area contributed by atoms with Crippen LogP contribution in [-0.4, -0.2) is 58.9 Å². The van der Waals surface area contributed by atoms with Gasteiger partial charge in [-0.15, -0.1) is 0 Å². The van der Waals surface area contributed by atoms with Gasteiger partial charge in [-0.3, -0.25) is 19.5 Å².